The number of hydrogen-bond donors (Lipinski definition) is 2. The molecule has 0 spiro atoms. The van der Waals surface area contributed by atoms with E-state index in [1.807, 2.05) is 4.68 Å². The van der Waals surface area contributed by atoms with E-state index in [4.69, 9.17) is 9.15 Å². The number of carbonyl (C=O) groups excluding carboxylic acids is 1. The van der Waals surface area contributed by atoms with E-state index in [9.17, 15) is 9.59 Å². The zero-order chi connectivity index (χ0) is 18.1. The van der Waals surface area contributed by atoms with Crippen molar-refractivity contribution in [2.24, 2.45) is 0 Å². The minimum absolute atomic E-state index is 0.289. The first-order valence-corrected chi connectivity index (χ1v) is 8.41. The van der Waals surface area contributed by atoms with Crippen LogP contribution in [0.15, 0.2) is 45.7 Å². The largest absolute Gasteiger partial charge is 0.481 e. The van der Waals surface area contributed by atoms with Gasteiger partial charge in [-0.15, -0.1) is 0 Å². The maximum absolute atomic E-state index is 12.4. The summed E-state index contributed by atoms with van der Waals surface area (Å²) in [4.78, 5) is 23.8. The van der Waals surface area contributed by atoms with E-state index < -0.39 is 11.7 Å². The SMILES string of the molecule is CC(Oc1ccc2ccc(=O)oc2c1)C(=O)Nc1cnn2c1NCCC2. The number of amides is 1. The highest BCUT2D eigenvalue weighted by Crippen LogP contribution is 2.25. The van der Waals surface area contributed by atoms with E-state index in [0.29, 0.717) is 17.0 Å². The molecule has 0 radical (unpaired) electrons. The van der Waals surface area contributed by atoms with Crippen LogP contribution >= 0.6 is 0 Å². The van der Waals surface area contributed by atoms with Gasteiger partial charge in [0.15, 0.2) is 6.10 Å². The summed E-state index contributed by atoms with van der Waals surface area (Å²) in [6.45, 7) is 3.33. The van der Waals surface area contributed by atoms with Crippen LogP contribution in [-0.4, -0.2) is 28.3 Å². The molecule has 1 aromatic carbocycles. The maximum atomic E-state index is 12.4. The Bertz CT molecular complexity index is 1020. The molecule has 2 N–H and O–H groups in total. The second-order valence-corrected chi connectivity index (χ2v) is 6.11. The van der Waals surface area contributed by atoms with Gasteiger partial charge in [0.25, 0.3) is 5.91 Å². The van der Waals surface area contributed by atoms with Gasteiger partial charge in [-0.3, -0.25) is 4.79 Å². The van der Waals surface area contributed by atoms with Crippen LogP contribution in [0.4, 0.5) is 11.5 Å². The molecule has 1 atom stereocenters. The van der Waals surface area contributed by atoms with Gasteiger partial charge in [-0.1, -0.05) is 0 Å². The Labute approximate surface area is 148 Å². The molecular formula is C18H18N4O4. The third-order valence-corrected chi connectivity index (χ3v) is 4.21. The smallest absolute Gasteiger partial charge is 0.336 e. The summed E-state index contributed by atoms with van der Waals surface area (Å²) in [6.07, 6.45) is 1.89. The molecule has 3 aromatic rings. The summed E-state index contributed by atoms with van der Waals surface area (Å²) < 4.78 is 12.7. The van der Waals surface area contributed by atoms with Crippen LogP contribution in [0, 0.1) is 0 Å². The predicted molar refractivity (Wildman–Crippen MR) is 96.5 cm³/mol. The molecule has 0 saturated carbocycles. The van der Waals surface area contributed by atoms with Crippen molar-refractivity contribution in [3.8, 4) is 5.75 Å². The molecular weight excluding hydrogens is 336 g/mol. The van der Waals surface area contributed by atoms with Gasteiger partial charge >= 0.3 is 5.63 Å². The van der Waals surface area contributed by atoms with Gasteiger partial charge in [-0.2, -0.15) is 5.10 Å². The molecule has 26 heavy (non-hydrogen) atoms. The summed E-state index contributed by atoms with van der Waals surface area (Å²) in [5, 5.41) is 11.1. The van der Waals surface area contributed by atoms with E-state index in [-0.39, 0.29) is 5.91 Å². The first-order chi connectivity index (χ1) is 12.6. The number of aryl methyl sites for hydroxylation is 1. The van der Waals surface area contributed by atoms with Crippen molar-refractivity contribution in [2.75, 3.05) is 17.2 Å². The van der Waals surface area contributed by atoms with Gasteiger partial charge in [0, 0.05) is 30.6 Å². The van der Waals surface area contributed by atoms with Crippen LogP contribution in [0.25, 0.3) is 11.0 Å². The quantitative estimate of drug-likeness (QED) is 0.697. The molecule has 1 aliphatic rings. The van der Waals surface area contributed by atoms with Crippen LogP contribution in [0.3, 0.4) is 0 Å². The lowest BCUT2D eigenvalue weighted by atomic mass is 10.2. The lowest BCUT2D eigenvalue weighted by Crippen LogP contribution is -2.30. The monoisotopic (exact) mass is 354 g/mol. The third-order valence-electron chi connectivity index (χ3n) is 4.21. The fourth-order valence-corrected chi connectivity index (χ4v) is 2.87. The van der Waals surface area contributed by atoms with Crippen molar-refractivity contribution < 1.29 is 13.9 Å². The number of hydrogen-bond acceptors (Lipinski definition) is 6. The number of carbonyl (C=O) groups is 1. The van der Waals surface area contributed by atoms with Gasteiger partial charge < -0.3 is 19.8 Å². The Hall–Kier alpha value is -3.29. The molecule has 1 amide bonds. The Morgan fingerprint density at radius 3 is 3.12 bits per heavy atom. The number of benzene rings is 1. The minimum Gasteiger partial charge on any atom is -0.481 e. The highest BCUT2D eigenvalue weighted by atomic mass is 16.5. The Morgan fingerprint density at radius 1 is 1.38 bits per heavy atom. The van der Waals surface area contributed by atoms with Crippen LogP contribution in [0.1, 0.15) is 13.3 Å². The van der Waals surface area contributed by atoms with Crippen LogP contribution in [0.5, 0.6) is 5.75 Å². The summed E-state index contributed by atoms with van der Waals surface area (Å²) in [7, 11) is 0. The summed E-state index contributed by atoms with van der Waals surface area (Å²) in [5.74, 6) is 0.969. The molecule has 0 fully saturated rings. The number of ether oxygens (including phenoxy) is 1. The first kappa shape index (κ1) is 16.2. The number of nitrogens with one attached hydrogen (secondary N) is 2. The molecule has 2 aromatic heterocycles. The standard InChI is InChI=1S/C18H18N4O4/c1-11(18(24)21-14-10-20-22-8-2-7-19-17(14)22)25-13-5-3-12-4-6-16(23)26-15(12)9-13/h3-6,9-11,19H,2,7-8H2,1H3,(H,21,24). The van der Waals surface area contributed by atoms with Crippen molar-refractivity contribution in [3.05, 3.63) is 46.9 Å². The van der Waals surface area contributed by atoms with Gasteiger partial charge in [0.05, 0.1) is 6.20 Å². The van der Waals surface area contributed by atoms with E-state index in [0.717, 1.165) is 30.7 Å². The van der Waals surface area contributed by atoms with Crippen LogP contribution in [0.2, 0.25) is 0 Å². The average molecular weight is 354 g/mol. The van der Waals surface area contributed by atoms with E-state index >= 15 is 0 Å². The van der Waals surface area contributed by atoms with Gasteiger partial charge in [-0.05, 0) is 31.5 Å². The Kier molecular flexibility index (Phi) is 4.08. The number of fused-ring (bicyclic) bond motifs is 2. The van der Waals surface area contributed by atoms with Gasteiger partial charge in [-0.25, -0.2) is 9.48 Å². The van der Waals surface area contributed by atoms with Crippen molar-refractivity contribution in [1.29, 1.82) is 0 Å². The first-order valence-electron chi connectivity index (χ1n) is 8.41. The lowest BCUT2D eigenvalue weighted by molar-refractivity contribution is -0.122. The number of anilines is 2. The van der Waals surface area contributed by atoms with Crippen molar-refractivity contribution >= 4 is 28.4 Å². The number of aromatic nitrogens is 2. The second-order valence-electron chi connectivity index (χ2n) is 6.11. The molecule has 134 valence electrons. The molecule has 0 aliphatic carbocycles. The van der Waals surface area contributed by atoms with Crippen molar-refractivity contribution in [2.45, 2.75) is 26.0 Å². The molecule has 8 nitrogen and oxygen atoms in total. The number of rotatable bonds is 4. The predicted octanol–water partition coefficient (Wildman–Crippen LogP) is 2.21. The topological polar surface area (TPSA) is 98.4 Å². The third kappa shape index (κ3) is 3.13. The zero-order valence-electron chi connectivity index (χ0n) is 14.2. The fourth-order valence-electron chi connectivity index (χ4n) is 2.87. The summed E-state index contributed by atoms with van der Waals surface area (Å²) >= 11 is 0. The maximum Gasteiger partial charge on any atom is 0.336 e. The van der Waals surface area contributed by atoms with E-state index in [2.05, 4.69) is 15.7 Å². The molecule has 1 aliphatic heterocycles. The Morgan fingerprint density at radius 2 is 2.23 bits per heavy atom. The van der Waals surface area contributed by atoms with Crippen LogP contribution in [-0.2, 0) is 11.3 Å². The minimum atomic E-state index is -0.734. The van der Waals surface area contributed by atoms with Gasteiger partial charge in [0.2, 0.25) is 0 Å². The van der Waals surface area contributed by atoms with Crippen LogP contribution < -0.4 is 21.0 Å². The molecule has 3 heterocycles. The highest BCUT2D eigenvalue weighted by molar-refractivity contribution is 5.96. The van der Waals surface area contributed by atoms with E-state index in [1.54, 1.807) is 37.4 Å². The van der Waals surface area contributed by atoms with Crippen molar-refractivity contribution in [3.63, 3.8) is 0 Å². The Balaban J connectivity index is 1.47. The molecule has 8 heteroatoms. The van der Waals surface area contributed by atoms with Crippen molar-refractivity contribution in [1.82, 2.24) is 9.78 Å². The molecule has 0 saturated heterocycles. The lowest BCUT2D eigenvalue weighted by Gasteiger charge is -2.18. The van der Waals surface area contributed by atoms with E-state index in [1.165, 1.54) is 6.07 Å². The normalized spacial score (nSPS) is 14.3. The molecule has 4 rings (SSSR count). The molecule has 0 bridgehead atoms. The average Bonchev–Trinajstić information content (AvgIpc) is 3.04. The highest BCUT2D eigenvalue weighted by Gasteiger charge is 2.20. The zero-order valence-corrected chi connectivity index (χ0v) is 14.2. The molecule has 1 unspecified atom stereocenters. The fraction of sp³-hybridized carbons (Fsp3) is 0.278. The summed E-state index contributed by atoms with van der Waals surface area (Å²) in [6, 6.07) is 8.15. The van der Waals surface area contributed by atoms with Gasteiger partial charge in [0.1, 0.15) is 22.8 Å². The number of nitrogens with zero attached hydrogens (tertiary/aromatic N) is 2. The second kappa shape index (κ2) is 6.55. The summed E-state index contributed by atoms with van der Waals surface area (Å²) in [5.41, 5.74) is 0.617.